The smallest absolute Gasteiger partial charge is 0.407 e. The van der Waals surface area contributed by atoms with Crippen LogP contribution in [0.5, 0.6) is 0 Å². The number of nitrogens with zero attached hydrogens (tertiary/aromatic N) is 2. The molecule has 4 rings (SSSR count). The fraction of sp³-hybridized carbons (Fsp3) is 0.489. The van der Waals surface area contributed by atoms with Crippen LogP contribution in [0.4, 0.5) is 4.79 Å². The first-order valence-electron chi connectivity index (χ1n) is 21.1. The summed E-state index contributed by atoms with van der Waals surface area (Å²) in [6.07, 6.45) is -0.0669. The van der Waals surface area contributed by atoms with Crippen molar-refractivity contribution < 1.29 is 38.6 Å². The second-order valence-corrected chi connectivity index (χ2v) is 16.9. The molecule has 13 nitrogen and oxygen atoms in total. The van der Waals surface area contributed by atoms with Crippen molar-refractivity contribution in [3.63, 3.8) is 0 Å². The summed E-state index contributed by atoms with van der Waals surface area (Å²) < 4.78 is 5.66. The Balaban J connectivity index is 1.43. The minimum atomic E-state index is -1.36. The average Bonchev–Trinajstić information content (AvgIpc) is 3.55. The first-order valence-corrected chi connectivity index (χ1v) is 21.5. The Morgan fingerprint density at radius 1 is 0.836 bits per heavy atom. The maximum absolute atomic E-state index is 14.4. The summed E-state index contributed by atoms with van der Waals surface area (Å²) in [6, 6.07) is 20.0. The molecular formula is C47H62ClN5O8. The van der Waals surface area contributed by atoms with Gasteiger partial charge in [-0.25, -0.2) is 4.79 Å². The number of halogens is 1. The molecule has 0 bridgehead atoms. The van der Waals surface area contributed by atoms with Crippen molar-refractivity contribution >= 4 is 47.1 Å². The van der Waals surface area contributed by atoms with E-state index in [0.29, 0.717) is 29.8 Å². The number of rotatable bonds is 22. The number of unbranched alkanes of at least 4 members (excludes halogenated alkanes) is 1. The largest absolute Gasteiger partial charge is 0.449 e. The number of alkyl carbamates (subject to hydrolysis) is 1. The molecule has 14 heteroatoms. The quantitative estimate of drug-likeness (QED) is 0.0906. The van der Waals surface area contributed by atoms with Gasteiger partial charge in [-0.15, -0.1) is 0 Å². The zero-order valence-electron chi connectivity index (χ0n) is 36.4. The van der Waals surface area contributed by atoms with E-state index in [9.17, 15) is 33.9 Å². The summed E-state index contributed by atoms with van der Waals surface area (Å²) in [4.78, 5) is 82.5. The van der Waals surface area contributed by atoms with Crippen LogP contribution in [-0.2, 0) is 35.1 Å². The zero-order chi connectivity index (χ0) is 44.8. The third kappa shape index (κ3) is 13.6. The first-order chi connectivity index (χ1) is 29.0. The fourth-order valence-electron chi connectivity index (χ4n) is 7.67. The van der Waals surface area contributed by atoms with E-state index in [2.05, 4.69) is 28.1 Å². The molecule has 5 amide bonds. The number of aliphatic hydroxyl groups is 1. The van der Waals surface area contributed by atoms with E-state index in [0.717, 1.165) is 22.3 Å². The van der Waals surface area contributed by atoms with Gasteiger partial charge in [0.25, 0.3) is 0 Å². The van der Waals surface area contributed by atoms with Crippen molar-refractivity contribution in [1.29, 1.82) is 0 Å². The normalized spacial score (nSPS) is 14.4. The molecule has 61 heavy (non-hydrogen) atoms. The Kier molecular flexibility index (Phi) is 18.3. The van der Waals surface area contributed by atoms with E-state index < -0.39 is 54.0 Å². The molecule has 0 aromatic heterocycles. The zero-order valence-corrected chi connectivity index (χ0v) is 37.2. The van der Waals surface area contributed by atoms with Gasteiger partial charge in [0, 0.05) is 38.0 Å². The number of carbonyl (C=O) groups is 6. The number of hydrogen-bond donors (Lipinski definition) is 4. The summed E-state index contributed by atoms with van der Waals surface area (Å²) >= 11 is 6.14. The van der Waals surface area contributed by atoms with Crippen LogP contribution in [0.2, 0.25) is 5.02 Å². The molecule has 330 valence electrons. The van der Waals surface area contributed by atoms with Gasteiger partial charge in [0.2, 0.25) is 23.6 Å². The molecule has 0 heterocycles. The molecule has 3 aromatic carbocycles. The minimum Gasteiger partial charge on any atom is -0.449 e. The van der Waals surface area contributed by atoms with Crippen LogP contribution < -0.4 is 16.0 Å². The van der Waals surface area contributed by atoms with Crippen molar-refractivity contribution in [1.82, 2.24) is 25.8 Å². The molecule has 0 aliphatic heterocycles. The van der Waals surface area contributed by atoms with E-state index >= 15 is 0 Å². The molecule has 0 saturated heterocycles. The van der Waals surface area contributed by atoms with Crippen LogP contribution >= 0.6 is 11.6 Å². The fourth-order valence-corrected chi connectivity index (χ4v) is 7.80. The maximum Gasteiger partial charge on any atom is 0.407 e. The Labute approximate surface area is 364 Å². The number of Topliss-reactive ketones (excluding diaryl/α,β-unsaturated/α-hetero) is 1. The van der Waals surface area contributed by atoms with Crippen LogP contribution in [0, 0.1) is 11.8 Å². The first kappa shape index (κ1) is 48.4. The van der Waals surface area contributed by atoms with Crippen LogP contribution in [-0.4, -0.2) is 108 Å². The van der Waals surface area contributed by atoms with Crippen LogP contribution in [0.1, 0.15) is 89.3 Å². The van der Waals surface area contributed by atoms with Gasteiger partial charge in [-0.1, -0.05) is 106 Å². The molecule has 3 aromatic rings. The third-order valence-corrected chi connectivity index (χ3v) is 11.6. The number of carbonyl (C=O) groups excluding carboxylic acids is 6. The minimum absolute atomic E-state index is 0.00610. The van der Waals surface area contributed by atoms with Gasteiger partial charge >= 0.3 is 6.09 Å². The molecular weight excluding hydrogens is 798 g/mol. The highest BCUT2D eigenvalue weighted by Gasteiger charge is 2.36. The lowest BCUT2D eigenvalue weighted by atomic mass is 9.96. The number of hydrogen-bond acceptors (Lipinski definition) is 8. The van der Waals surface area contributed by atoms with Crippen LogP contribution in [0.3, 0.4) is 0 Å². The Morgan fingerprint density at radius 2 is 1.44 bits per heavy atom. The van der Waals surface area contributed by atoms with Gasteiger partial charge in [0.05, 0.1) is 12.6 Å². The standard InChI is InChI=1S/C47H62ClN5O8/c1-8-30(4)43(31(5)54)51-42(56)27-52(6)46(59)40(26-32-20-22-33(48)23-21-32)53(7)45(58)39(50-44(57)41(55)25-29(2)3)19-13-14-24-49-47(60)61-28-38-36-17-11-9-15-34(36)35-16-10-12-18-37(35)38/h9-12,15-18,20-23,29-30,38-41,43,55H,8,13-14,19,24-28H2,1-7H3,(H,49,60)(H,50,57)(H,51,56)/t30?,39?,40-,41-,43+/m1/s1. The average molecular weight is 860 g/mol. The lowest BCUT2D eigenvalue weighted by Crippen LogP contribution is -2.57. The van der Waals surface area contributed by atoms with Gasteiger partial charge in [0.1, 0.15) is 24.8 Å². The number of ketones is 1. The Bertz CT molecular complexity index is 1950. The topological polar surface area (TPSA) is 174 Å². The van der Waals surface area contributed by atoms with Crippen LogP contribution in [0.25, 0.3) is 11.1 Å². The Morgan fingerprint density at radius 3 is 2.02 bits per heavy atom. The molecule has 1 aliphatic rings. The maximum atomic E-state index is 14.4. The van der Waals surface area contributed by atoms with Gasteiger partial charge in [-0.2, -0.15) is 0 Å². The van der Waals surface area contributed by atoms with E-state index in [1.165, 1.54) is 30.8 Å². The highest BCUT2D eigenvalue weighted by molar-refractivity contribution is 6.30. The number of fused-ring (bicyclic) bond motifs is 3. The van der Waals surface area contributed by atoms with Crippen molar-refractivity contribution in [3.05, 3.63) is 94.5 Å². The van der Waals surface area contributed by atoms with Gasteiger partial charge in [-0.05, 0) is 84.4 Å². The highest BCUT2D eigenvalue weighted by atomic mass is 35.5. The van der Waals surface area contributed by atoms with Crippen molar-refractivity contribution in [3.8, 4) is 11.1 Å². The molecule has 0 saturated carbocycles. The molecule has 4 N–H and O–H groups in total. The number of likely N-dealkylation sites (N-methyl/N-ethyl adjacent to an activating group) is 2. The van der Waals surface area contributed by atoms with Crippen LogP contribution in [0.15, 0.2) is 72.8 Å². The molecule has 2 unspecified atom stereocenters. The number of amides is 5. The molecule has 0 fully saturated rings. The molecule has 0 radical (unpaired) electrons. The lowest BCUT2D eigenvalue weighted by Gasteiger charge is -2.34. The number of nitrogens with one attached hydrogen (secondary N) is 3. The molecule has 1 aliphatic carbocycles. The van der Waals surface area contributed by atoms with Gasteiger partial charge < -0.3 is 35.6 Å². The van der Waals surface area contributed by atoms with E-state index in [-0.39, 0.29) is 62.5 Å². The second-order valence-electron chi connectivity index (χ2n) is 16.5. The van der Waals surface area contributed by atoms with Crippen molar-refractivity contribution in [2.45, 2.75) is 103 Å². The third-order valence-electron chi connectivity index (χ3n) is 11.3. The van der Waals surface area contributed by atoms with E-state index in [4.69, 9.17) is 16.3 Å². The molecule has 5 atom stereocenters. The predicted octanol–water partition coefficient (Wildman–Crippen LogP) is 5.89. The van der Waals surface area contributed by atoms with Crippen molar-refractivity contribution in [2.24, 2.45) is 11.8 Å². The lowest BCUT2D eigenvalue weighted by molar-refractivity contribution is -0.147. The summed E-state index contributed by atoms with van der Waals surface area (Å²) in [5.41, 5.74) is 5.16. The van der Waals surface area contributed by atoms with Gasteiger partial charge in [0.15, 0.2) is 5.78 Å². The number of ether oxygens (including phenoxy) is 1. The summed E-state index contributed by atoms with van der Waals surface area (Å²) in [6.45, 7) is 8.96. The Hall–Kier alpha value is -5.27. The number of aliphatic hydroxyl groups excluding tert-OH is 1. The molecule has 0 spiro atoms. The monoisotopic (exact) mass is 859 g/mol. The highest BCUT2D eigenvalue weighted by Crippen LogP contribution is 2.44. The van der Waals surface area contributed by atoms with Gasteiger partial charge in [-0.3, -0.25) is 24.0 Å². The SMILES string of the molecule is CCC(C)[C@H](NC(=O)CN(C)C(=O)[C@@H](Cc1ccc(Cl)cc1)N(C)C(=O)C(CCCCNC(=O)OCC1c2ccccc2-c2ccccc21)NC(=O)[C@H](O)CC(C)C)C(C)=O. The second kappa shape index (κ2) is 23.1. The predicted molar refractivity (Wildman–Crippen MR) is 236 cm³/mol. The number of benzene rings is 3. The summed E-state index contributed by atoms with van der Waals surface area (Å²) in [5, 5.41) is 19.4. The van der Waals surface area contributed by atoms with E-state index in [1.54, 1.807) is 24.3 Å². The summed E-state index contributed by atoms with van der Waals surface area (Å²) in [7, 11) is 2.91. The van der Waals surface area contributed by atoms with Crippen molar-refractivity contribution in [2.75, 3.05) is 33.8 Å². The van der Waals surface area contributed by atoms with E-state index in [1.807, 2.05) is 64.1 Å². The summed E-state index contributed by atoms with van der Waals surface area (Å²) in [5.74, 6) is -2.74.